The van der Waals surface area contributed by atoms with Crippen molar-refractivity contribution in [2.24, 2.45) is 0 Å². The van der Waals surface area contributed by atoms with E-state index in [-0.39, 0.29) is 6.04 Å². The summed E-state index contributed by atoms with van der Waals surface area (Å²) in [5.41, 5.74) is 1.07. The maximum Gasteiger partial charge on any atom is 0.243 e. The number of piperazine rings is 1. The molecule has 0 aromatic heterocycles. The average molecular weight is 347 g/mol. The van der Waals surface area contributed by atoms with Gasteiger partial charge in [-0.3, -0.25) is 0 Å². The number of rotatable bonds is 3. The van der Waals surface area contributed by atoms with Crippen LogP contribution < -0.4 is 0 Å². The highest BCUT2D eigenvalue weighted by molar-refractivity contribution is 9.08. The Morgan fingerprint density at radius 1 is 1.26 bits per heavy atom. The maximum absolute atomic E-state index is 12.5. The Morgan fingerprint density at radius 2 is 1.89 bits per heavy atom. The van der Waals surface area contributed by atoms with E-state index in [4.69, 9.17) is 0 Å². The van der Waals surface area contributed by atoms with E-state index >= 15 is 0 Å². The molecule has 6 heteroatoms. The van der Waals surface area contributed by atoms with Gasteiger partial charge in [0.1, 0.15) is 0 Å². The van der Waals surface area contributed by atoms with Gasteiger partial charge in [-0.05, 0) is 31.7 Å². The molecule has 1 saturated heterocycles. The van der Waals surface area contributed by atoms with Crippen molar-refractivity contribution in [2.45, 2.75) is 23.2 Å². The van der Waals surface area contributed by atoms with Crippen molar-refractivity contribution in [1.82, 2.24) is 9.21 Å². The third-order valence-corrected chi connectivity index (χ3v) is 6.16. The van der Waals surface area contributed by atoms with E-state index in [2.05, 4.69) is 27.8 Å². The van der Waals surface area contributed by atoms with E-state index < -0.39 is 10.0 Å². The van der Waals surface area contributed by atoms with Crippen molar-refractivity contribution in [3.63, 3.8) is 0 Å². The summed E-state index contributed by atoms with van der Waals surface area (Å²) in [5.74, 6) is 0. The van der Waals surface area contributed by atoms with Gasteiger partial charge < -0.3 is 4.90 Å². The van der Waals surface area contributed by atoms with Gasteiger partial charge in [0.05, 0.1) is 4.90 Å². The van der Waals surface area contributed by atoms with Crippen LogP contribution in [0.5, 0.6) is 0 Å². The van der Waals surface area contributed by atoms with Gasteiger partial charge in [0.15, 0.2) is 0 Å². The van der Waals surface area contributed by atoms with Crippen molar-refractivity contribution in [3.05, 3.63) is 29.8 Å². The number of nitrogens with zero attached hydrogens (tertiary/aromatic N) is 2. The first kappa shape index (κ1) is 15.0. The van der Waals surface area contributed by atoms with Gasteiger partial charge in [-0.15, -0.1) is 0 Å². The summed E-state index contributed by atoms with van der Waals surface area (Å²) in [5, 5.41) is 0.735. The molecular formula is C13H19BrN2O2S. The molecule has 1 aromatic carbocycles. The summed E-state index contributed by atoms with van der Waals surface area (Å²) in [4.78, 5) is 2.56. The van der Waals surface area contributed by atoms with Crippen LogP contribution in [0.2, 0.25) is 0 Å². The molecule has 0 radical (unpaired) electrons. The fraction of sp³-hybridized carbons (Fsp3) is 0.538. The fourth-order valence-electron chi connectivity index (χ4n) is 2.13. The Kier molecular flexibility index (Phi) is 4.66. The lowest BCUT2D eigenvalue weighted by molar-refractivity contribution is 0.159. The summed E-state index contributed by atoms with van der Waals surface area (Å²) in [6.07, 6.45) is 0. The molecule has 0 amide bonds. The van der Waals surface area contributed by atoms with Crippen LogP contribution >= 0.6 is 15.9 Å². The highest BCUT2D eigenvalue weighted by atomic mass is 79.9. The van der Waals surface area contributed by atoms with E-state index in [1.54, 1.807) is 16.4 Å². The van der Waals surface area contributed by atoms with E-state index in [0.717, 1.165) is 17.4 Å². The van der Waals surface area contributed by atoms with Crippen molar-refractivity contribution < 1.29 is 8.42 Å². The van der Waals surface area contributed by atoms with Crippen LogP contribution in [0.4, 0.5) is 0 Å². The normalized spacial score (nSPS) is 22.6. The largest absolute Gasteiger partial charge is 0.301 e. The SMILES string of the molecule is CC1CN(S(=O)(=O)c2ccc(CBr)cc2)CCN1C. The number of sulfonamides is 1. The van der Waals surface area contributed by atoms with E-state index in [1.165, 1.54) is 0 Å². The Bertz CT molecular complexity index is 530. The minimum atomic E-state index is -3.35. The van der Waals surface area contributed by atoms with Gasteiger partial charge in [-0.1, -0.05) is 28.1 Å². The van der Waals surface area contributed by atoms with Crippen molar-refractivity contribution >= 4 is 26.0 Å². The lowest BCUT2D eigenvalue weighted by Gasteiger charge is -2.36. The second-order valence-electron chi connectivity index (χ2n) is 4.97. The summed E-state index contributed by atoms with van der Waals surface area (Å²) in [6.45, 7) is 3.94. The lowest BCUT2D eigenvalue weighted by atomic mass is 10.2. The zero-order valence-electron chi connectivity index (χ0n) is 11.2. The average Bonchev–Trinajstić information content (AvgIpc) is 2.41. The van der Waals surface area contributed by atoms with Gasteiger partial charge in [-0.25, -0.2) is 8.42 Å². The minimum absolute atomic E-state index is 0.255. The Morgan fingerprint density at radius 3 is 2.42 bits per heavy atom. The molecule has 1 unspecified atom stereocenters. The van der Waals surface area contributed by atoms with Crippen molar-refractivity contribution in [2.75, 3.05) is 26.7 Å². The first-order valence-corrected chi connectivity index (χ1v) is 8.86. The van der Waals surface area contributed by atoms with Crippen molar-refractivity contribution in [3.8, 4) is 0 Å². The van der Waals surface area contributed by atoms with Crippen LogP contribution in [0.15, 0.2) is 29.2 Å². The van der Waals surface area contributed by atoms with E-state index in [9.17, 15) is 8.42 Å². The topological polar surface area (TPSA) is 40.6 Å². The van der Waals surface area contributed by atoms with E-state index in [1.807, 2.05) is 19.2 Å². The molecule has 0 N–H and O–H groups in total. The van der Waals surface area contributed by atoms with Gasteiger partial charge >= 0.3 is 0 Å². The first-order chi connectivity index (χ1) is 8.95. The number of hydrogen-bond acceptors (Lipinski definition) is 3. The van der Waals surface area contributed by atoms with E-state index in [0.29, 0.717) is 18.0 Å². The minimum Gasteiger partial charge on any atom is -0.301 e. The number of alkyl halides is 1. The second kappa shape index (κ2) is 5.91. The molecule has 19 heavy (non-hydrogen) atoms. The zero-order chi connectivity index (χ0) is 14.0. The Balaban J connectivity index is 2.21. The smallest absolute Gasteiger partial charge is 0.243 e. The number of benzene rings is 1. The van der Waals surface area contributed by atoms with Crippen LogP contribution in [0.3, 0.4) is 0 Å². The van der Waals surface area contributed by atoms with Crippen LogP contribution in [0.25, 0.3) is 0 Å². The molecular weight excluding hydrogens is 328 g/mol. The van der Waals surface area contributed by atoms with Gasteiger partial charge in [-0.2, -0.15) is 4.31 Å². The third-order valence-electron chi connectivity index (χ3n) is 3.64. The van der Waals surface area contributed by atoms with Crippen LogP contribution in [-0.2, 0) is 15.4 Å². The molecule has 1 heterocycles. The summed E-state index contributed by atoms with van der Waals surface area (Å²) in [7, 11) is -1.32. The molecule has 0 aliphatic carbocycles. The van der Waals surface area contributed by atoms with Crippen LogP contribution in [0, 0.1) is 0 Å². The van der Waals surface area contributed by atoms with Crippen LogP contribution in [0.1, 0.15) is 12.5 Å². The van der Waals surface area contributed by atoms with Crippen LogP contribution in [-0.4, -0.2) is 50.3 Å². The molecule has 1 fully saturated rings. The highest BCUT2D eigenvalue weighted by Crippen LogP contribution is 2.20. The standard InChI is InChI=1S/C13H19BrN2O2S/c1-11-10-16(8-7-15(11)2)19(17,18)13-5-3-12(9-14)4-6-13/h3-6,11H,7-10H2,1-2H3. The lowest BCUT2D eigenvalue weighted by Crippen LogP contribution is -2.51. The second-order valence-corrected chi connectivity index (χ2v) is 7.47. The highest BCUT2D eigenvalue weighted by Gasteiger charge is 2.30. The summed E-state index contributed by atoms with van der Waals surface area (Å²) >= 11 is 3.36. The van der Waals surface area contributed by atoms with Crippen molar-refractivity contribution in [1.29, 1.82) is 0 Å². The molecule has 1 aliphatic rings. The predicted molar refractivity (Wildman–Crippen MR) is 79.9 cm³/mol. The van der Waals surface area contributed by atoms with Gasteiger partial charge in [0, 0.05) is 31.0 Å². The molecule has 0 bridgehead atoms. The molecule has 0 spiro atoms. The third kappa shape index (κ3) is 3.18. The summed E-state index contributed by atoms with van der Waals surface area (Å²) in [6, 6.07) is 7.33. The predicted octanol–water partition coefficient (Wildman–Crippen LogP) is 1.91. The van der Waals surface area contributed by atoms with Gasteiger partial charge in [0.25, 0.3) is 0 Å². The number of halogens is 1. The molecule has 0 saturated carbocycles. The fourth-order valence-corrected chi connectivity index (χ4v) is 4.02. The Hall–Kier alpha value is -0.430. The van der Waals surface area contributed by atoms with Gasteiger partial charge in [0.2, 0.25) is 10.0 Å². The monoisotopic (exact) mass is 346 g/mol. The first-order valence-electron chi connectivity index (χ1n) is 6.30. The summed E-state index contributed by atoms with van der Waals surface area (Å²) < 4.78 is 26.7. The quantitative estimate of drug-likeness (QED) is 0.785. The molecule has 4 nitrogen and oxygen atoms in total. The molecule has 1 atom stereocenters. The number of likely N-dealkylation sites (N-methyl/N-ethyl adjacent to an activating group) is 1. The molecule has 2 rings (SSSR count). The molecule has 1 aromatic rings. The maximum atomic E-state index is 12.5. The molecule has 106 valence electrons. The zero-order valence-corrected chi connectivity index (χ0v) is 13.6. The number of hydrogen-bond donors (Lipinski definition) is 0. The Labute approximate surface area is 123 Å². The molecule has 1 aliphatic heterocycles.